The first-order valence-electron chi connectivity index (χ1n) is 9.44. The van der Waals surface area contributed by atoms with E-state index in [1.807, 2.05) is 31.2 Å². The van der Waals surface area contributed by atoms with Gasteiger partial charge in [-0.1, -0.05) is 6.92 Å². The number of benzene rings is 2. The maximum Gasteiger partial charge on any atom is 0.253 e. The second-order valence-electron chi connectivity index (χ2n) is 6.70. The van der Waals surface area contributed by atoms with Gasteiger partial charge in [-0.2, -0.15) is 0 Å². The molecule has 3 N–H and O–H groups in total. The summed E-state index contributed by atoms with van der Waals surface area (Å²) < 4.78 is 5.23. The van der Waals surface area contributed by atoms with Gasteiger partial charge in [0.15, 0.2) is 0 Å². The highest BCUT2D eigenvalue weighted by Gasteiger charge is 2.22. The standard InChI is InChI=1S/C21H28N4O2/c1-3-10-23-21(26)19-15-16(22)4-9-20(19)25-13-11-24(12-14-25)17-5-7-18(27-2)8-6-17/h4-9,15H,3,10-14,22H2,1-2H3,(H,23,26). The molecule has 1 fully saturated rings. The predicted molar refractivity (Wildman–Crippen MR) is 111 cm³/mol. The van der Waals surface area contributed by atoms with Crippen LogP contribution in [-0.4, -0.2) is 45.7 Å². The molecule has 144 valence electrons. The molecular formula is C21H28N4O2. The van der Waals surface area contributed by atoms with Gasteiger partial charge in [0.25, 0.3) is 5.91 Å². The molecule has 6 heteroatoms. The van der Waals surface area contributed by atoms with Gasteiger partial charge in [-0.25, -0.2) is 0 Å². The van der Waals surface area contributed by atoms with Crippen molar-refractivity contribution in [3.05, 3.63) is 48.0 Å². The average molecular weight is 368 g/mol. The highest BCUT2D eigenvalue weighted by molar-refractivity contribution is 6.00. The van der Waals surface area contributed by atoms with E-state index in [4.69, 9.17) is 10.5 Å². The van der Waals surface area contributed by atoms with E-state index in [9.17, 15) is 4.79 Å². The first-order valence-corrected chi connectivity index (χ1v) is 9.44. The van der Waals surface area contributed by atoms with Gasteiger partial charge in [0.1, 0.15) is 5.75 Å². The predicted octanol–water partition coefficient (Wildman–Crippen LogP) is 2.74. The van der Waals surface area contributed by atoms with E-state index in [0.29, 0.717) is 17.8 Å². The molecule has 0 atom stereocenters. The van der Waals surface area contributed by atoms with Crippen LogP contribution in [0.2, 0.25) is 0 Å². The summed E-state index contributed by atoms with van der Waals surface area (Å²) in [6, 6.07) is 13.7. The van der Waals surface area contributed by atoms with Crippen LogP contribution in [0.5, 0.6) is 5.75 Å². The molecule has 0 aromatic heterocycles. The van der Waals surface area contributed by atoms with Crippen molar-refractivity contribution in [3.8, 4) is 5.75 Å². The van der Waals surface area contributed by atoms with Crippen LogP contribution < -0.4 is 25.6 Å². The zero-order valence-electron chi connectivity index (χ0n) is 16.1. The Kier molecular flexibility index (Phi) is 6.06. The second kappa shape index (κ2) is 8.66. The summed E-state index contributed by atoms with van der Waals surface area (Å²) in [5, 5.41) is 2.96. The minimum Gasteiger partial charge on any atom is -0.497 e. The van der Waals surface area contributed by atoms with Crippen LogP contribution in [0.25, 0.3) is 0 Å². The van der Waals surface area contributed by atoms with E-state index in [2.05, 4.69) is 27.2 Å². The SMILES string of the molecule is CCCNC(=O)c1cc(N)ccc1N1CCN(c2ccc(OC)cc2)CC1. The van der Waals surface area contributed by atoms with Crippen molar-refractivity contribution in [2.45, 2.75) is 13.3 Å². The summed E-state index contributed by atoms with van der Waals surface area (Å²) >= 11 is 0. The van der Waals surface area contributed by atoms with Gasteiger partial charge in [0.05, 0.1) is 12.7 Å². The Morgan fingerprint density at radius 1 is 1.07 bits per heavy atom. The first-order chi connectivity index (χ1) is 13.1. The lowest BCUT2D eigenvalue weighted by atomic mass is 10.1. The van der Waals surface area contributed by atoms with Crippen molar-refractivity contribution >= 4 is 23.0 Å². The molecule has 1 amide bonds. The molecule has 3 rings (SSSR count). The summed E-state index contributed by atoms with van der Waals surface area (Å²) in [5.41, 5.74) is 9.33. The second-order valence-corrected chi connectivity index (χ2v) is 6.70. The monoisotopic (exact) mass is 368 g/mol. The van der Waals surface area contributed by atoms with Crippen LogP contribution >= 0.6 is 0 Å². The van der Waals surface area contributed by atoms with Crippen molar-refractivity contribution in [2.75, 3.05) is 55.4 Å². The third-order valence-corrected chi connectivity index (χ3v) is 4.86. The number of nitrogens with zero attached hydrogens (tertiary/aromatic N) is 2. The lowest BCUT2D eigenvalue weighted by Crippen LogP contribution is -2.47. The van der Waals surface area contributed by atoms with Crippen molar-refractivity contribution in [3.63, 3.8) is 0 Å². The van der Waals surface area contributed by atoms with Crippen molar-refractivity contribution in [1.29, 1.82) is 0 Å². The quantitative estimate of drug-likeness (QED) is 0.767. The molecule has 0 radical (unpaired) electrons. The van der Waals surface area contributed by atoms with Crippen molar-refractivity contribution in [2.24, 2.45) is 0 Å². The van der Waals surface area contributed by atoms with Crippen LogP contribution in [0.1, 0.15) is 23.7 Å². The smallest absolute Gasteiger partial charge is 0.253 e. The summed E-state index contributed by atoms with van der Waals surface area (Å²) in [4.78, 5) is 17.2. The van der Waals surface area contributed by atoms with E-state index in [-0.39, 0.29) is 5.91 Å². The molecule has 1 heterocycles. The zero-order valence-corrected chi connectivity index (χ0v) is 16.1. The number of amides is 1. The number of nitrogen functional groups attached to an aromatic ring is 1. The summed E-state index contributed by atoms with van der Waals surface area (Å²) in [6.45, 7) is 6.20. The molecule has 2 aromatic carbocycles. The Bertz CT molecular complexity index is 768. The summed E-state index contributed by atoms with van der Waals surface area (Å²) in [5.74, 6) is 0.804. The fraction of sp³-hybridized carbons (Fsp3) is 0.381. The topological polar surface area (TPSA) is 70.8 Å². The Morgan fingerprint density at radius 2 is 1.74 bits per heavy atom. The normalized spacial score (nSPS) is 14.1. The van der Waals surface area contributed by atoms with E-state index < -0.39 is 0 Å². The summed E-state index contributed by atoms with van der Waals surface area (Å²) in [7, 11) is 1.68. The van der Waals surface area contributed by atoms with Gasteiger partial charge in [-0.3, -0.25) is 4.79 Å². The number of hydrogen-bond donors (Lipinski definition) is 2. The lowest BCUT2D eigenvalue weighted by Gasteiger charge is -2.38. The van der Waals surface area contributed by atoms with Gasteiger partial charge in [0, 0.05) is 49.8 Å². The van der Waals surface area contributed by atoms with Crippen LogP contribution in [-0.2, 0) is 0 Å². The van der Waals surface area contributed by atoms with E-state index in [1.165, 1.54) is 5.69 Å². The van der Waals surface area contributed by atoms with Crippen molar-refractivity contribution in [1.82, 2.24) is 5.32 Å². The number of carbonyl (C=O) groups is 1. The van der Waals surface area contributed by atoms with E-state index in [0.717, 1.165) is 44.0 Å². The Balaban J connectivity index is 1.70. The van der Waals surface area contributed by atoms with E-state index in [1.54, 1.807) is 13.2 Å². The third kappa shape index (κ3) is 4.45. The Labute approximate surface area is 160 Å². The Hall–Kier alpha value is -2.89. The molecule has 6 nitrogen and oxygen atoms in total. The molecule has 0 aliphatic carbocycles. The number of rotatable bonds is 6. The third-order valence-electron chi connectivity index (χ3n) is 4.86. The number of anilines is 3. The van der Waals surface area contributed by atoms with Gasteiger partial charge < -0.3 is 25.6 Å². The molecule has 1 aliphatic heterocycles. The highest BCUT2D eigenvalue weighted by Crippen LogP contribution is 2.26. The number of nitrogens with two attached hydrogens (primary N) is 1. The van der Waals surface area contributed by atoms with Crippen LogP contribution in [0.15, 0.2) is 42.5 Å². The molecule has 0 spiro atoms. The zero-order chi connectivity index (χ0) is 19.2. The minimum atomic E-state index is -0.0586. The molecule has 0 unspecified atom stereocenters. The van der Waals surface area contributed by atoms with Crippen LogP contribution in [0.3, 0.4) is 0 Å². The molecule has 1 aliphatic rings. The number of hydrogen-bond acceptors (Lipinski definition) is 5. The molecule has 0 saturated carbocycles. The Morgan fingerprint density at radius 3 is 2.37 bits per heavy atom. The van der Waals surface area contributed by atoms with Gasteiger partial charge >= 0.3 is 0 Å². The van der Waals surface area contributed by atoms with Gasteiger partial charge in [0.2, 0.25) is 0 Å². The lowest BCUT2D eigenvalue weighted by molar-refractivity contribution is 0.0954. The number of nitrogens with one attached hydrogen (secondary N) is 1. The fourth-order valence-corrected chi connectivity index (χ4v) is 3.34. The first kappa shape index (κ1) is 18.9. The minimum absolute atomic E-state index is 0.0586. The van der Waals surface area contributed by atoms with Gasteiger partial charge in [-0.15, -0.1) is 0 Å². The number of methoxy groups -OCH3 is 1. The molecule has 27 heavy (non-hydrogen) atoms. The maximum atomic E-state index is 12.5. The molecule has 1 saturated heterocycles. The molecule has 2 aromatic rings. The van der Waals surface area contributed by atoms with Crippen LogP contribution in [0.4, 0.5) is 17.1 Å². The molecular weight excluding hydrogens is 340 g/mol. The average Bonchev–Trinajstić information content (AvgIpc) is 2.72. The number of carbonyl (C=O) groups excluding carboxylic acids is 1. The maximum absolute atomic E-state index is 12.5. The van der Waals surface area contributed by atoms with Crippen LogP contribution in [0, 0.1) is 0 Å². The largest absolute Gasteiger partial charge is 0.497 e. The van der Waals surface area contributed by atoms with Crippen molar-refractivity contribution < 1.29 is 9.53 Å². The fourth-order valence-electron chi connectivity index (χ4n) is 3.34. The highest BCUT2D eigenvalue weighted by atomic mass is 16.5. The number of ether oxygens (including phenoxy) is 1. The van der Waals surface area contributed by atoms with Gasteiger partial charge in [-0.05, 0) is 48.9 Å². The molecule has 0 bridgehead atoms. The summed E-state index contributed by atoms with van der Waals surface area (Å²) in [6.07, 6.45) is 0.907. The van der Waals surface area contributed by atoms with E-state index >= 15 is 0 Å². The number of piperazine rings is 1.